The molecule has 2 rings (SSSR count). The number of nitrogens with zero attached hydrogens (tertiary/aromatic N) is 1. The van der Waals surface area contributed by atoms with Gasteiger partial charge in [-0.3, -0.25) is 4.79 Å². The Bertz CT molecular complexity index is 519. The molecule has 114 valence electrons. The summed E-state index contributed by atoms with van der Waals surface area (Å²) < 4.78 is 0. The van der Waals surface area contributed by atoms with E-state index in [2.05, 4.69) is 5.32 Å². The molecule has 1 aromatic carbocycles. The van der Waals surface area contributed by atoms with E-state index in [-0.39, 0.29) is 16.9 Å². The number of amides is 1. The van der Waals surface area contributed by atoms with Crippen LogP contribution >= 0.6 is 0 Å². The molecule has 5 heteroatoms. The van der Waals surface area contributed by atoms with Gasteiger partial charge in [0.15, 0.2) is 0 Å². The van der Waals surface area contributed by atoms with Crippen molar-refractivity contribution in [3.05, 3.63) is 29.8 Å². The fourth-order valence-electron chi connectivity index (χ4n) is 2.90. The molecule has 0 aliphatic carbocycles. The summed E-state index contributed by atoms with van der Waals surface area (Å²) in [6.45, 7) is 3.72. The van der Waals surface area contributed by atoms with E-state index in [1.807, 2.05) is 6.92 Å². The van der Waals surface area contributed by atoms with Gasteiger partial charge in [0, 0.05) is 19.3 Å². The second kappa shape index (κ2) is 6.26. The molecule has 5 nitrogen and oxygen atoms in total. The zero-order valence-electron chi connectivity index (χ0n) is 12.6. The number of piperidine rings is 1. The molecule has 1 saturated heterocycles. The molecule has 1 unspecified atom stereocenters. The summed E-state index contributed by atoms with van der Waals surface area (Å²) >= 11 is 0. The highest BCUT2D eigenvalue weighted by Crippen LogP contribution is 2.33. The minimum atomic E-state index is -0.961. The van der Waals surface area contributed by atoms with Gasteiger partial charge in [-0.2, -0.15) is 0 Å². The van der Waals surface area contributed by atoms with Crippen molar-refractivity contribution in [2.24, 2.45) is 5.41 Å². The first-order valence-corrected chi connectivity index (χ1v) is 7.32. The molecule has 1 aromatic rings. The highest BCUT2D eigenvalue weighted by Gasteiger charge is 2.39. The normalized spacial score (nSPS) is 21.8. The fourth-order valence-corrected chi connectivity index (χ4v) is 2.90. The van der Waals surface area contributed by atoms with E-state index in [1.54, 1.807) is 24.1 Å². The van der Waals surface area contributed by atoms with Gasteiger partial charge in [-0.05, 0) is 50.1 Å². The maximum absolute atomic E-state index is 12.8. The smallest absolute Gasteiger partial charge is 0.335 e. The summed E-state index contributed by atoms with van der Waals surface area (Å²) in [6.07, 6.45) is 2.70. The van der Waals surface area contributed by atoms with Crippen molar-refractivity contribution in [2.45, 2.75) is 26.2 Å². The summed E-state index contributed by atoms with van der Waals surface area (Å²) in [5.41, 5.74) is 0.603. The second-order valence-corrected chi connectivity index (χ2v) is 5.63. The zero-order valence-corrected chi connectivity index (χ0v) is 12.6. The minimum absolute atomic E-state index is 0.0975. The highest BCUT2D eigenvalue weighted by atomic mass is 16.4. The van der Waals surface area contributed by atoms with Crippen molar-refractivity contribution in [1.82, 2.24) is 5.32 Å². The van der Waals surface area contributed by atoms with E-state index in [0.29, 0.717) is 6.54 Å². The maximum Gasteiger partial charge on any atom is 0.335 e. The Hall–Kier alpha value is -1.88. The number of aromatic carboxylic acids is 1. The van der Waals surface area contributed by atoms with Crippen molar-refractivity contribution in [3.63, 3.8) is 0 Å². The monoisotopic (exact) mass is 290 g/mol. The number of hydrogen-bond acceptors (Lipinski definition) is 3. The third-order valence-corrected chi connectivity index (χ3v) is 4.41. The van der Waals surface area contributed by atoms with E-state index in [0.717, 1.165) is 31.5 Å². The lowest BCUT2D eigenvalue weighted by molar-refractivity contribution is -0.129. The van der Waals surface area contributed by atoms with E-state index in [9.17, 15) is 9.59 Å². The molecule has 1 aliphatic heterocycles. The van der Waals surface area contributed by atoms with E-state index >= 15 is 0 Å². The van der Waals surface area contributed by atoms with Crippen LogP contribution in [0.5, 0.6) is 0 Å². The van der Waals surface area contributed by atoms with Crippen LogP contribution in [0.1, 0.15) is 36.5 Å². The first-order chi connectivity index (χ1) is 10.00. The number of hydrogen-bond donors (Lipinski definition) is 2. The summed E-state index contributed by atoms with van der Waals surface area (Å²) in [6, 6.07) is 6.42. The molecule has 1 heterocycles. The highest BCUT2D eigenvalue weighted by molar-refractivity contribution is 5.98. The Morgan fingerprint density at radius 2 is 2.00 bits per heavy atom. The van der Waals surface area contributed by atoms with Crippen LogP contribution < -0.4 is 10.2 Å². The van der Waals surface area contributed by atoms with Crippen LogP contribution in [0.15, 0.2) is 24.3 Å². The Kier molecular flexibility index (Phi) is 4.63. The lowest BCUT2D eigenvalue weighted by atomic mass is 9.77. The Balaban J connectivity index is 2.19. The molecular weight excluding hydrogens is 268 g/mol. The van der Waals surface area contributed by atoms with Crippen molar-refractivity contribution in [3.8, 4) is 0 Å². The van der Waals surface area contributed by atoms with E-state index < -0.39 is 5.97 Å². The first kappa shape index (κ1) is 15.5. The van der Waals surface area contributed by atoms with Gasteiger partial charge >= 0.3 is 5.97 Å². The van der Waals surface area contributed by atoms with Crippen LogP contribution in [0.4, 0.5) is 5.69 Å². The second-order valence-electron chi connectivity index (χ2n) is 5.63. The van der Waals surface area contributed by atoms with Gasteiger partial charge in [-0.1, -0.05) is 6.92 Å². The molecule has 0 saturated carbocycles. The topological polar surface area (TPSA) is 69.6 Å². The summed E-state index contributed by atoms with van der Waals surface area (Å²) in [5, 5.41) is 12.2. The average molecular weight is 290 g/mol. The standard InChI is InChI=1S/C16H22N2O3/c1-3-16(9-4-10-17-11-16)15(21)18(2)13-7-5-12(6-8-13)14(19)20/h5-8,17H,3-4,9-11H2,1-2H3,(H,19,20). The maximum atomic E-state index is 12.8. The van der Waals surface area contributed by atoms with Crippen LogP contribution in [0, 0.1) is 5.41 Å². The van der Waals surface area contributed by atoms with Gasteiger partial charge in [-0.15, -0.1) is 0 Å². The molecule has 0 bridgehead atoms. The van der Waals surface area contributed by atoms with Gasteiger partial charge in [0.2, 0.25) is 5.91 Å². The largest absolute Gasteiger partial charge is 0.478 e. The predicted octanol–water partition coefficient (Wildman–Crippen LogP) is 2.13. The Morgan fingerprint density at radius 3 is 2.48 bits per heavy atom. The first-order valence-electron chi connectivity index (χ1n) is 7.32. The quantitative estimate of drug-likeness (QED) is 0.891. The number of benzene rings is 1. The Labute approximate surface area is 125 Å². The lowest BCUT2D eigenvalue weighted by Gasteiger charge is -2.38. The van der Waals surface area contributed by atoms with Crippen LogP contribution in [-0.2, 0) is 4.79 Å². The summed E-state index contributed by atoms with van der Waals surface area (Å²) in [5.74, 6) is -0.864. The van der Waals surface area contributed by atoms with Crippen LogP contribution in [0.3, 0.4) is 0 Å². The Morgan fingerprint density at radius 1 is 1.33 bits per heavy atom. The third-order valence-electron chi connectivity index (χ3n) is 4.41. The number of carbonyl (C=O) groups excluding carboxylic acids is 1. The van der Waals surface area contributed by atoms with Crippen molar-refractivity contribution < 1.29 is 14.7 Å². The van der Waals surface area contributed by atoms with E-state index in [1.165, 1.54) is 12.1 Å². The van der Waals surface area contributed by atoms with Gasteiger partial charge in [-0.25, -0.2) is 4.79 Å². The molecular formula is C16H22N2O3. The molecule has 0 radical (unpaired) electrons. The zero-order chi connectivity index (χ0) is 15.5. The molecule has 1 amide bonds. The van der Waals surface area contributed by atoms with Crippen molar-refractivity contribution in [2.75, 3.05) is 25.0 Å². The van der Waals surface area contributed by atoms with E-state index in [4.69, 9.17) is 5.11 Å². The SMILES string of the molecule is CCC1(C(=O)N(C)c2ccc(C(=O)O)cc2)CCCNC1. The number of carbonyl (C=O) groups is 2. The third kappa shape index (κ3) is 3.08. The minimum Gasteiger partial charge on any atom is -0.478 e. The van der Waals surface area contributed by atoms with Crippen LogP contribution in [-0.4, -0.2) is 37.1 Å². The summed E-state index contributed by atoms with van der Waals surface area (Å²) in [4.78, 5) is 25.4. The summed E-state index contributed by atoms with van der Waals surface area (Å²) in [7, 11) is 1.75. The predicted molar refractivity (Wildman–Crippen MR) is 81.6 cm³/mol. The molecule has 0 spiro atoms. The molecule has 1 aliphatic rings. The van der Waals surface area contributed by atoms with Gasteiger partial charge in [0.05, 0.1) is 11.0 Å². The molecule has 21 heavy (non-hydrogen) atoms. The lowest BCUT2D eigenvalue weighted by Crippen LogP contribution is -2.50. The number of carboxylic acids is 1. The fraction of sp³-hybridized carbons (Fsp3) is 0.500. The van der Waals surface area contributed by atoms with Crippen LogP contribution in [0.25, 0.3) is 0 Å². The average Bonchev–Trinajstić information content (AvgIpc) is 2.54. The van der Waals surface area contributed by atoms with Crippen molar-refractivity contribution >= 4 is 17.6 Å². The van der Waals surface area contributed by atoms with Gasteiger partial charge in [0.1, 0.15) is 0 Å². The molecule has 1 atom stereocenters. The van der Waals surface area contributed by atoms with Gasteiger partial charge in [0.25, 0.3) is 0 Å². The molecule has 1 fully saturated rings. The number of rotatable bonds is 4. The number of anilines is 1. The molecule has 0 aromatic heterocycles. The number of nitrogens with one attached hydrogen (secondary N) is 1. The van der Waals surface area contributed by atoms with Crippen LogP contribution in [0.2, 0.25) is 0 Å². The number of carboxylic acid groups (broad SMARTS) is 1. The van der Waals surface area contributed by atoms with Gasteiger partial charge < -0.3 is 15.3 Å². The molecule has 2 N–H and O–H groups in total. The van der Waals surface area contributed by atoms with Crippen molar-refractivity contribution in [1.29, 1.82) is 0 Å².